The van der Waals surface area contributed by atoms with E-state index in [1.807, 2.05) is 24.5 Å². The van der Waals surface area contributed by atoms with E-state index >= 15 is 0 Å². The smallest absolute Gasteiger partial charge is 0.124 e. The maximum Gasteiger partial charge on any atom is 0.124 e. The zero-order chi connectivity index (χ0) is 11.0. The summed E-state index contributed by atoms with van der Waals surface area (Å²) in [5.41, 5.74) is 7.08. The highest BCUT2D eigenvalue weighted by Gasteiger charge is 2.11. The Morgan fingerprint density at radius 2 is 2.07 bits per heavy atom. The van der Waals surface area contributed by atoms with Crippen molar-refractivity contribution in [2.24, 2.45) is 5.73 Å². The fourth-order valence-corrected chi connectivity index (χ4v) is 3.40. The van der Waals surface area contributed by atoms with E-state index in [1.165, 1.54) is 15.3 Å². The standard InChI is InChI=1S/C11H14N2S2/c1-6-4-9(8(3)14-6)11-13-5-10(15-11)7(2)12/h4-5,7H,12H2,1-3H3. The van der Waals surface area contributed by atoms with Gasteiger partial charge >= 0.3 is 0 Å². The van der Waals surface area contributed by atoms with Crippen LogP contribution in [0.25, 0.3) is 10.6 Å². The van der Waals surface area contributed by atoms with Crippen molar-refractivity contribution >= 4 is 22.7 Å². The summed E-state index contributed by atoms with van der Waals surface area (Å²) in [6.45, 7) is 6.25. The van der Waals surface area contributed by atoms with Gasteiger partial charge in [0.25, 0.3) is 0 Å². The summed E-state index contributed by atoms with van der Waals surface area (Å²) in [6, 6.07) is 2.28. The summed E-state index contributed by atoms with van der Waals surface area (Å²) >= 11 is 3.51. The molecule has 2 aromatic heterocycles. The second-order valence-electron chi connectivity index (χ2n) is 3.68. The Morgan fingerprint density at radius 1 is 1.33 bits per heavy atom. The first-order chi connectivity index (χ1) is 7.08. The van der Waals surface area contributed by atoms with Gasteiger partial charge in [0.2, 0.25) is 0 Å². The molecule has 2 rings (SSSR count). The average Bonchev–Trinajstić information content (AvgIpc) is 2.71. The molecule has 0 aliphatic rings. The highest BCUT2D eigenvalue weighted by molar-refractivity contribution is 7.16. The van der Waals surface area contributed by atoms with Crippen molar-refractivity contribution in [1.29, 1.82) is 0 Å². The van der Waals surface area contributed by atoms with Crippen molar-refractivity contribution in [3.8, 4) is 10.6 Å². The molecular formula is C11H14N2S2. The van der Waals surface area contributed by atoms with Gasteiger partial charge in [-0.2, -0.15) is 0 Å². The van der Waals surface area contributed by atoms with E-state index in [9.17, 15) is 0 Å². The summed E-state index contributed by atoms with van der Waals surface area (Å²) in [5.74, 6) is 0. The van der Waals surface area contributed by atoms with E-state index in [2.05, 4.69) is 24.9 Å². The Morgan fingerprint density at radius 3 is 2.53 bits per heavy atom. The zero-order valence-electron chi connectivity index (χ0n) is 9.07. The predicted molar refractivity (Wildman–Crippen MR) is 67.5 cm³/mol. The number of aromatic nitrogens is 1. The minimum Gasteiger partial charge on any atom is -0.323 e. The second-order valence-corrected chi connectivity index (χ2v) is 6.21. The molecule has 1 atom stereocenters. The Hall–Kier alpha value is -0.710. The molecule has 0 amide bonds. The maximum absolute atomic E-state index is 5.82. The largest absolute Gasteiger partial charge is 0.323 e. The average molecular weight is 238 g/mol. The molecule has 2 N–H and O–H groups in total. The van der Waals surface area contributed by atoms with Crippen molar-refractivity contribution in [1.82, 2.24) is 4.98 Å². The molecule has 80 valence electrons. The van der Waals surface area contributed by atoms with Crippen molar-refractivity contribution in [3.05, 3.63) is 26.9 Å². The lowest BCUT2D eigenvalue weighted by Crippen LogP contribution is -2.01. The van der Waals surface area contributed by atoms with E-state index in [1.54, 1.807) is 11.3 Å². The molecule has 2 aromatic rings. The molecule has 0 aromatic carbocycles. The van der Waals surface area contributed by atoms with Crippen LogP contribution in [-0.4, -0.2) is 4.98 Å². The zero-order valence-corrected chi connectivity index (χ0v) is 10.7. The number of rotatable bonds is 2. The number of thiophene rings is 1. The van der Waals surface area contributed by atoms with Crippen LogP contribution in [0.2, 0.25) is 0 Å². The van der Waals surface area contributed by atoms with Gasteiger partial charge in [0, 0.05) is 32.4 Å². The summed E-state index contributed by atoms with van der Waals surface area (Å²) in [5, 5.41) is 1.09. The van der Waals surface area contributed by atoms with Crippen LogP contribution in [0.5, 0.6) is 0 Å². The molecule has 2 heterocycles. The third-order valence-corrected chi connectivity index (χ3v) is 4.44. The minimum absolute atomic E-state index is 0.0799. The highest BCUT2D eigenvalue weighted by atomic mass is 32.1. The molecule has 0 fully saturated rings. The van der Waals surface area contributed by atoms with Gasteiger partial charge in [0.05, 0.1) is 0 Å². The summed E-state index contributed by atoms with van der Waals surface area (Å²) < 4.78 is 0. The van der Waals surface area contributed by atoms with E-state index in [0.29, 0.717) is 0 Å². The molecule has 0 radical (unpaired) electrons. The Labute approximate surface area is 97.8 Å². The second kappa shape index (κ2) is 4.04. The number of thiazole rings is 1. The lowest BCUT2D eigenvalue weighted by molar-refractivity contribution is 0.835. The van der Waals surface area contributed by atoms with Crippen LogP contribution >= 0.6 is 22.7 Å². The molecule has 0 spiro atoms. The van der Waals surface area contributed by atoms with Gasteiger partial charge < -0.3 is 5.73 Å². The molecule has 0 aliphatic heterocycles. The van der Waals surface area contributed by atoms with E-state index in [0.717, 1.165) is 9.88 Å². The molecule has 2 nitrogen and oxygen atoms in total. The maximum atomic E-state index is 5.82. The first kappa shape index (κ1) is 10.8. The third kappa shape index (κ3) is 2.12. The first-order valence-electron chi connectivity index (χ1n) is 4.86. The van der Waals surface area contributed by atoms with Crippen LogP contribution in [0.15, 0.2) is 12.3 Å². The van der Waals surface area contributed by atoms with Crippen LogP contribution in [-0.2, 0) is 0 Å². The number of nitrogens with zero attached hydrogens (tertiary/aromatic N) is 1. The van der Waals surface area contributed by atoms with Crippen molar-refractivity contribution < 1.29 is 0 Å². The number of hydrogen-bond acceptors (Lipinski definition) is 4. The fourth-order valence-electron chi connectivity index (χ4n) is 1.46. The van der Waals surface area contributed by atoms with E-state index in [-0.39, 0.29) is 6.04 Å². The molecule has 0 saturated heterocycles. The van der Waals surface area contributed by atoms with Gasteiger partial charge in [-0.05, 0) is 26.8 Å². The molecular weight excluding hydrogens is 224 g/mol. The number of nitrogens with two attached hydrogens (primary N) is 1. The van der Waals surface area contributed by atoms with Crippen LogP contribution in [0.1, 0.15) is 27.6 Å². The van der Waals surface area contributed by atoms with Gasteiger partial charge in [-0.15, -0.1) is 22.7 Å². The lowest BCUT2D eigenvalue weighted by Gasteiger charge is -1.97. The third-order valence-electron chi connectivity index (χ3n) is 2.24. The van der Waals surface area contributed by atoms with Crippen molar-refractivity contribution in [2.45, 2.75) is 26.8 Å². The topological polar surface area (TPSA) is 38.9 Å². The Kier molecular flexibility index (Phi) is 2.91. The van der Waals surface area contributed by atoms with E-state index < -0.39 is 0 Å². The first-order valence-corrected chi connectivity index (χ1v) is 6.50. The fraction of sp³-hybridized carbons (Fsp3) is 0.364. The summed E-state index contributed by atoms with van der Waals surface area (Å²) in [6.07, 6.45) is 1.89. The van der Waals surface area contributed by atoms with Crippen LogP contribution < -0.4 is 5.73 Å². The minimum atomic E-state index is 0.0799. The lowest BCUT2D eigenvalue weighted by atomic mass is 10.2. The highest BCUT2D eigenvalue weighted by Crippen LogP contribution is 2.34. The molecule has 0 saturated carbocycles. The number of aryl methyl sites for hydroxylation is 2. The Bertz CT molecular complexity index is 469. The van der Waals surface area contributed by atoms with Crippen LogP contribution in [0.3, 0.4) is 0 Å². The van der Waals surface area contributed by atoms with Gasteiger partial charge in [-0.25, -0.2) is 4.98 Å². The molecule has 0 aliphatic carbocycles. The van der Waals surface area contributed by atoms with Crippen molar-refractivity contribution in [3.63, 3.8) is 0 Å². The molecule has 4 heteroatoms. The van der Waals surface area contributed by atoms with Gasteiger partial charge in [0.15, 0.2) is 0 Å². The van der Waals surface area contributed by atoms with Gasteiger partial charge in [-0.1, -0.05) is 0 Å². The molecule has 1 unspecified atom stereocenters. The monoisotopic (exact) mass is 238 g/mol. The van der Waals surface area contributed by atoms with Gasteiger partial charge in [0.1, 0.15) is 5.01 Å². The molecule has 15 heavy (non-hydrogen) atoms. The van der Waals surface area contributed by atoms with Gasteiger partial charge in [-0.3, -0.25) is 0 Å². The normalized spacial score (nSPS) is 13.1. The number of hydrogen-bond donors (Lipinski definition) is 1. The quantitative estimate of drug-likeness (QED) is 0.869. The summed E-state index contributed by atoms with van der Waals surface area (Å²) in [4.78, 5) is 8.24. The van der Waals surface area contributed by atoms with E-state index in [4.69, 9.17) is 5.73 Å². The van der Waals surface area contributed by atoms with Crippen LogP contribution in [0.4, 0.5) is 0 Å². The molecule has 0 bridgehead atoms. The van der Waals surface area contributed by atoms with Crippen molar-refractivity contribution in [2.75, 3.05) is 0 Å². The predicted octanol–water partition coefficient (Wildman–Crippen LogP) is 3.51. The Balaban J connectivity index is 2.41. The van der Waals surface area contributed by atoms with Crippen LogP contribution in [0, 0.1) is 13.8 Å². The SMILES string of the molecule is Cc1cc(-c2ncc(C(C)N)s2)c(C)s1. The summed E-state index contributed by atoms with van der Waals surface area (Å²) in [7, 11) is 0.